The minimum atomic E-state index is -1.08. The molecule has 2 aliphatic rings. The van der Waals surface area contributed by atoms with Crippen molar-refractivity contribution in [3.63, 3.8) is 0 Å². The van der Waals surface area contributed by atoms with Crippen molar-refractivity contribution in [1.82, 2.24) is 0 Å². The third kappa shape index (κ3) is 7.30. The van der Waals surface area contributed by atoms with Gasteiger partial charge in [-0.05, 0) is 91.2 Å². The molecule has 0 aromatic heterocycles. The number of ether oxygens (including phenoxy) is 1. The third-order valence-electron chi connectivity index (χ3n) is 9.73. The van der Waals surface area contributed by atoms with Gasteiger partial charge in [-0.15, -0.1) is 0 Å². The fourth-order valence-corrected chi connectivity index (χ4v) is 7.07. The maximum absolute atomic E-state index is 15.4. The number of hydrogen-bond donors (Lipinski definition) is 0. The molecule has 2 aliphatic carbocycles. The lowest BCUT2D eigenvalue weighted by Gasteiger charge is -2.35. The van der Waals surface area contributed by atoms with E-state index >= 15 is 8.78 Å². The van der Waals surface area contributed by atoms with E-state index in [1.807, 2.05) is 6.92 Å². The SMILES string of the molecule is CCC=COc1ccc(-c2ccc(-c3ccc(C4=CCC(C5CCC(CCCCC)CC5)CC4)c(F)c3F)cc2)c(F)c1F. The Labute approximate surface area is 260 Å². The molecule has 1 fully saturated rings. The first-order valence-corrected chi connectivity index (χ1v) is 16.5. The van der Waals surface area contributed by atoms with Gasteiger partial charge in [0.05, 0.1) is 6.26 Å². The molecule has 0 spiro atoms. The van der Waals surface area contributed by atoms with Crippen molar-refractivity contribution < 1.29 is 22.3 Å². The summed E-state index contributed by atoms with van der Waals surface area (Å²) in [6.45, 7) is 4.16. The van der Waals surface area contributed by atoms with Gasteiger partial charge in [0.15, 0.2) is 23.2 Å². The van der Waals surface area contributed by atoms with Crippen molar-refractivity contribution in [2.45, 2.75) is 90.9 Å². The standard InChI is InChI=1S/C39H44F4O/c1-3-5-7-8-26-9-11-27(12-10-26)28-13-15-29(16-14-28)32-21-22-33(37(41)36(32)40)30-17-19-31(20-18-30)34-23-24-35(39(43)38(34)42)44-25-6-4-2/h6,15,17-28H,3-5,7-14,16H2,1-2H3. The highest BCUT2D eigenvalue weighted by Gasteiger charge is 2.29. The van der Waals surface area contributed by atoms with Gasteiger partial charge in [-0.2, -0.15) is 4.39 Å². The van der Waals surface area contributed by atoms with Crippen molar-refractivity contribution in [3.05, 3.63) is 95.8 Å². The summed E-state index contributed by atoms with van der Waals surface area (Å²) in [4.78, 5) is 0. The van der Waals surface area contributed by atoms with Gasteiger partial charge in [0.25, 0.3) is 0 Å². The monoisotopic (exact) mass is 604 g/mol. The lowest BCUT2D eigenvalue weighted by molar-refractivity contribution is 0.187. The quantitative estimate of drug-likeness (QED) is 0.120. The summed E-state index contributed by atoms with van der Waals surface area (Å²) in [5, 5.41) is 0. The second kappa shape index (κ2) is 15.1. The molecule has 0 heterocycles. The van der Waals surface area contributed by atoms with Crippen LogP contribution in [0.1, 0.15) is 96.5 Å². The third-order valence-corrected chi connectivity index (χ3v) is 9.73. The summed E-state index contributed by atoms with van der Waals surface area (Å²) in [7, 11) is 0. The van der Waals surface area contributed by atoms with Gasteiger partial charge in [-0.3, -0.25) is 0 Å². The van der Waals surface area contributed by atoms with Crippen LogP contribution in [0.4, 0.5) is 17.6 Å². The van der Waals surface area contributed by atoms with Gasteiger partial charge in [0.2, 0.25) is 5.82 Å². The largest absolute Gasteiger partial charge is 0.462 e. The van der Waals surface area contributed by atoms with Gasteiger partial charge in [-0.1, -0.05) is 94.8 Å². The Morgan fingerprint density at radius 2 is 1.30 bits per heavy atom. The van der Waals surface area contributed by atoms with Crippen LogP contribution in [-0.2, 0) is 0 Å². The molecule has 1 saturated carbocycles. The van der Waals surface area contributed by atoms with E-state index in [2.05, 4.69) is 13.0 Å². The number of halogens is 4. The van der Waals surface area contributed by atoms with Crippen LogP contribution in [-0.4, -0.2) is 0 Å². The molecule has 3 aromatic rings. The Morgan fingerprint density at radius 3 is 1.91 bits per heavy atom. The second-order valence-corrected chi connectivity index (χ2v) is 12.5. The van der Waals surface area contributed by atoms with E-state index in [0.29, 0.717) is 29.0 Å². The topological polar surface area (TPSA) is 9.23 Å². The summed E-state index contributed by atoms with van der Waals surface area (Å²) in [5.41, 5.74) is 2.32. The predicted octanol–water partition coefficient (Wildman–Crippen LogP) is 12.4. The molecule has 0 radical (unpaired) electrons. The first-order chi connectivity index (χ1) is 21.4. The van der Waals surface area contributed by atoms with Gasteiger partial charge in [-0.25, -0.2) is 13.2 Å². The van der Waals surface area contributed by atoms with Gasteiger partial charge >= 0.3 is 0 Å². The molecule has 1 nitrogen and oxygen atoms in total. The van der Waals surface area contributed by atoms with Gasteiger partial charge in [0, 0.05) is 16.7 Å². The molecule has 0 bridgehead atoms. The summed E-state index contributed by atoms with van der Waals surface area (Å²) < 4.78 is 65.4. The summed E-state index contributed by atoms with van der Waals surface area (Å²) in [5.74, 6) is -1.74. The van der Waals surface area contributed by atoms with Crippen molar-refractivity contribution in [1.29, 1.82) is 0 Å². The maximum atomic E-state index is 15.4. The molecule has 3 aromatic carbocycles. The molecule has 1 unspecified atom stereocenters. The highest BCUT2D eigenvalue weighted by molar-refractivity contribution is 5.74. The molecular weight excluding hydrogens is 560 g/mol. The van der Waals surface area contributed by atoms with Crippen LogP contribution in [0.25, 0.3) is 27.8 Å². The fourth-order valence-electron chi connectivity index (χ4n) is 7.07. The van der Waals surface area contributed by atoms with Crippen LogP contribution in [0, 0.1) is 41.0 Å². The van der Waals surface area contributed by atoms with E-state index in [0.717, 1.165) is 36.7 Å². The van der Waals surface area contributed by atoms with Crippen LogP contribution >= 0.6 is 0 Å². The smallest absolute Gasteiger partial charge is 0.201 e. The molecule has 5 rings (SSSR count). The maximum Gasteiger partial charge on any atom is 0.201 e. The lowest BCUT2D eigenvalue weighted by atomic mass is 9.70. The van der Waals surface area contributed by atoms with E-state index in [1.165, 1.54) is 69.8 Å². The molecule has 234 valence electrons. The Morgan fingerprint density at radius 1 is 0.682 bits per heavy atom. The number of rotatable bonds is 11. The highest BCUT2D eigenvalue weighted by Crippen LogP contribution is 2.43. The molecule has 0 aliphatic heterocycles. The molecule has 5 heteroatoms. The molecule has 0 amide bonds. The van der Waals surface area contributed by atoms with Gasteiger partial charge in [0.1, 0.15) is 0 Å². The number of hydrogen-bond acceptors (Lipinski definition) is 1. The molecule has 0 N–H and O–H groups in total. The zero-order valence-corrected chi connectivity index (χ0v) is 26.0. The minimum Gasteiger partial charge on any atom is -0.462 e. The Kier molecular flexibility index (Phi) is 11.0. The summed E-state index contributed by atoms with van der Waals surface area (Å²) in [6.07, 6.45) is 19.2. The highest BCUT2D eigenvalue weighted by atomic mass is 19.2. The van der Waals surface area contributed by atoms with E-state index in [-0.39, 0.29) is 16.9 Å². The normalized spacial score (nSPS) is 20.6. The van der Waals surface area contributed by atoms with E-state index in [9.17, 15) is 8.78 Å². The first kappa shape index (κ1) is 32.1. The van der Waals surface area contributed by atoms with Crippen molar-refractivity contribution >= 4 is 5.57 Å². The van der Waals surface area contributed by atoms with Crippen molar-refractivity contribution in [2.75, 3.05) is 0 Å². The Balaban J connectivity index is 1.24. The van der Waals surface area contributed by atoms with Crippen molar-refractivity contribution in [3.8, 4) is 28.0 Å². The molecule has 1 atom stereocenters. The summed E-state index contributed by atoms with van der Waals surface area (Å²) >= 11 is 0. The van der Waals surface area contributed by atoms with E-state index < -0.39 is 23.3 Å². The summed E-state index contributed by atoms with van der Waals surface area (Å²) in [6, 6.07) is 12.5. The van der Waals surface area contributed by atoms with E-state index in [1.54, 1.807) is 42.5 Å². The molecule has 0 saturated heterocycles. The number of benzene rings is 3. The minimum absolute atomic E-state index is 0.0606. The molecular formula is C39H44F4O. The zero-order chi connectivity index (χ0) is 31.1. The molecule has 44 heavy (non-hydrogen) atoms. The van der Waals surface area contributed by atoms with Crippen LogP contribution in [0.5, 0.6) is 5.75 Å². The van der Waals surface area contributed by atoms with Crippen LogP contribution in [0.3, 0.4) is 0 Å². The average Bonchev–Trinajstić information content (AvgIpc) is 3.05. The van der Waals surface area contributed by atoms with Crippen LogP contribution < -0.4 is 4.74 Å². The average molecular weight is 605 g/mol. The van der Waals surface area contributed by atoms with Crippen molar-refractivity contribution in [2.24, 2.45) is 17.8 Å². The van der Waals surface area contributed by atoms with Crippen LogP contribution in [0.15, 0.2) is 66.9 Å². The number of allylic oxidation sites excluding steroid dienone is 3. The lowest BCUT2D eigenvalue weighted by Crippen LogP contribution is -2.23. The fraction of sp³-hybridized carbons (Fsp3) is 0.436. The Hall–Kier alpha value is -3.34. The van der Waals surface area contributed by atoms with E-state index in [4.69, 9.17) is 4.74 Å². The number of unbranched alkanes of at least 4 members (excludes halogenated alkanes) is 2. The van der Waals surface area contributed by atoms with Gasteiger partial charge < -0.3 is 4.74 Å². The Bertz CT molecular complexity index is 1460. The van der Waals surface area contributed by atoms with Crippen LogP contribution in [0.2, 0.25) is 0 Å². The second-order valence-electron chi connectivity index (χ2n) is 12.5. The predicted molar refractivity (Wildman–Crippen MR) is 172 cm³/mol. The first-order valence-electron chi connectivity index (χ1n) is 16.5. The zero-order valence-electron chi connectivity index (χ0n) is 26.0.